The van der Waals surface area contributed by atoms with E-state index >= 15 is 0 Å². The maximum absolute atomic E-state index is 12.3. The average molecular weight is 459 g/mol. The van der Waals surface area contributed by atoms with E-state index in [2.05, 4.69) is 10.3 Å². The Morgan fingerprint density at radius 1 is 1.13 bits per heavy atom. The first kappa shape index (κ1) is 20.6. The molecule has 0 spiro atoms. The second-order valence-corrected chi connectivity index (χ2v) is 8.11. The van der Waals surface area contributed by atoms with Crippen LogP contribution < -0.4 is 10.1 Å². The number of nitrogens with zero attached hydrogens (tertiary/aromatic N) is 1. The van der Waals surface area contributed by atoms with Crippen molar-refractivity contribution in [2.75, 3.05) is 6.61 Å². The Balaban J connectivity index is 1.51. The van der Waals surface area contributed by atoms with E-state index in [1.807, 2.05) is 31.2 Å². The molecule has 1 aliphatic rings. The fourth-order valence-corrected chi connectivity index (χ4v) is 4.10. The Morgan fingerprint density at radius 2 is 1.93 bits per heavy atom. The highest BCUT2D eigenvalue weighted by atomic mass is 35.5. The van der Waals surface area contributed by atoms with Crippen molar-refractivity contribution in [3.63, 3.8) is 0 Å². The number of halogens is 2. The van der Waals surface area contributed by atoms with Gasteiger partial charge in [-0.15, -0.1) is 0 Å². The molecule has 4 rings (SSSR count). The quantitative estimate of drug-likeness (QED) is 0.440. The number of amides is 1. The molecule has 8 heteroatoms. The van der Waals surface area contributed by atoms with E-state index < -0.39 is 0 Å². The number of rotatable bonds is 5. The van der Waals surface area contributed by atoms with Gasteiger partial charge in [0, 0.05) is 16.7 Å². The number of ether oxygens (including phenoxy) is 1. The van der Waals surface area contributed by atoms with E-state index in [4.69, 9.17) is 32.4 Å². The molecular weight excluding hydrogens is 443 g/mol. The van der Waals surface area contributed by atoms with Crippen LogP contribution in [0.5, 0.6) is 5.75 Å². The smallest absolute Gasteiger partial charge is 0.264 e. The normalized spacial score (nSPS) is 16.3. The van der Waals surface area contributed by atoms with Gasteiger partial charge in [-0.05, 0) is 73.3 Å². The molecule has 1 amide bonds. The van der Waals surface area contributed by atoms with E-state index in [1.54, 1.807) is 36.4 Å². The Bertz CT molecular complexity index is 1150. The zero-order valence-electron chi connectivity index (χ0n) is 15.8. The minimum absolute atomic E-state index is 0.229. The summed E-state index contributed by atoms with van der Waals surface area (Å²) < 4.78 is 11.3. The van der Waals surface area contributed by atoms with Crippen molar-refractivity contribution in [3.8, 4) is 17.1 Å². The largest absolute Gasteiger partial charge is 0.494 e. The molecule has 1 N–H and O–H groups in total. The SMILES string of the molecule is CCOc1ccc(N=C2NC(=O)/C(=C\c3ccc(-c4ccc(Cl)cc4Cl)o3)S2)cc1. The summed E-state index contributed by atoms with van der Waals surface area (Å²) >= 11 is 13.4. The van der Waals surface area contributed by atoms with Gasteiger partial charge in [-0.2, -0.15) is 0 Å². The van der Waals surface area contributed by atoms with Gasteiger partial charge in [0.15, 0.2) is 5.17 Å². The lowest BCUT2D eigenvalue weighted by Crippen LogP contribution is -2.19. The van der Waals surface area contributed by atoms with Gasteiger partial charge in [0.2, 0.25) is 0 Å². The monoisotopic (exact) mass is 458 g/mol. The second kappa shape index (κ2) is 9.00. The maximum Gasteiger partial charge on any atom is 0.264 e. The fourth-order valence-electron chi connectivity index (χ4n) is 2.78. The van der Waals surface area contributed by atoms with Crippen LogP contribution in [0.2, 0.25) is 10.0 Å². The van der Waals surface area contributed by atoms with Gasteiger partial charge in [0.1, 0.15) is 17.3 Å². The molecule has 5 nitrogen and oxygen atoms in total. The van der Waals surface area contributed by atoms with Gasteiger partial charge in [-0.25, -0.2) is 4.99 Å². The standard InChI is InChI=1S/C22H16Cl2N2O3S/c1-2-28-15-6-4-14(5-7-15)25-22-26-21(27)20(30-22)12-16-8-10-19(29-16)17-9-3-13(23)11-18(17)24/h3-12H,2H2,1H3,(H,25,26,27)/b20-12+. The first-order chi connectivity index (χ1) is 14.5. The number of aliphatic imine (C=N–C) groups is 1. The lowest BCUT2D eigenvalue weighted by atomic mass is 10.2. The number of furan rings is 1. The van der Waals surface area contributed by atoms with Crippen molar-refractivity contribution in [2.24, 2.45) is 4.99 Å². The highest BCUT2D eigenvalue weighted by molar-refractivity contribution is 8.18. The average Bonchev–Trinajstić information content (AvgIpc) is 3.30. The van der Waals surface area contributed by atoms with Gasteiger partial charge in [0.05, 0.1) is 22.2 Å². The topological polar surface area (TPSA) is 63.8 Å². The summed E-state index contributed by atoms with van der Waals surface area (Å²) in [6.45, 7) is 2.53. The fraction of sp³-hybridized carbons (Fsp3) is 0.0909. The van der Waals surface area contributed by atoms with E-state index in [-0.39, 0.29) is 5.91 Å². The molecule has 1 aromatic heterocycles. The highest BCUT2D eigenvalue weighted by Gasteiger charge is 2.24. The predicted octanol–water partition coefficient (Wildman–Crippen LogP) is 6.54. The van der Waals surface area contributed by atoms with Crippen molar-refractivity contribution in [1.29, 1.82) is 0 Å². The van der Waals surface area contributed by atoms with Crippen molar-refractivity contribution >= 4 is 57.8 Å². The molecule has 0 aliphatic carbocycles. The molecule has 0 saturated carbocycles. The molecule has 3 aromatic rings. The number of carbonyl (C=O) groups excluding carboxylic acids is 1. The lowest BCUT2D eigenvalue weighted by molar-refractivity contribution is -0.115. The molecule has 152 valence electrons. The molecule has 2 aromatic carbocycles. The molecule has 1 saturated heterocycles. The van der Waals surface area contributed by atoms with Crippen molar-refractivity contribution in [3.05, 3.63) is 75.3 Å². The van der Waals surface area contributed by atoms with Crippen LogP contribution in [0, 0.1) is 0 Å². The van der Waals surface area contributed by atoms with Gasteiger partial charge in [-0.3, -0.25) is 4.79 Å². The first-order valence-corrected chi connectivity index (χ1v) is 10.7. The lowest BCUT2D eigenvalue weighted by Gasteiger charge is -2.02. The van der Waals surface area contributed by atoms with Crippen LogP contribution in [0.3, 0.4) is 0 Å². The highest BCUT2D eigenvalue weighted by Crippen LogP contribution is 2.33. The van der Waals surface area contributed by atoms with Gasteiger partial charge in [0.25, 0.3) is 5.91 Å². The Kier molecular flexibility index (Phi) is 6.18. The number of hydrogen-bond donors (Lipinski definition) is 1. The zero-order valence-corrected chi connectivity index (χ0v) is 18.1. The molecule has 0 bridgehead atoms. The third kappa shape index (κ3) is 4.73. The van der Waals surface area contributed by atoms with E-state index in [1.165, 1.54) is 11.8 Å². The maximum atomic E-state index is 12.3. The number of thioether (sulfide) groups is 1. The van der Waals surface area contributed by atoms with Gasteiger partial charge in [-0.1, -0.05) is 23.2 Å². The molecule has 0 atom stereocenters. The van der Waals surface area contributed by atoms with Crippen molar-refractivity contribution in [1.82, 2.24) is 5.32 Å². The molecule has 0 unspecified atom stereocenters. The number of benzene rings is 2. The Morgan fingerprint density at radius 3 is 2.67 bits per heavy atom. The summed E-state index contributed by atoms with van der Waals surface area (Å²) in [5.74, 6) is 1.68. The van der Waals surface area contributed by atoms with Crippen LogP contribution in [-0.4, -0.2) is 17.7 Å². The summed E-state index contributed by atoms with van der Waals surface area (Å²) in [6, 6.07) is 16.1. The van der Waals surface area contributed by atoms with Crippen molar-refractivity contribution in [2.45, 2.75) is 6.92 Å². The molecule has 30 heavy (non-hydrogen) atoms. The predicted molar refractivity (Wildman–Crippen MR) is 123 cm³/mol. The van der Waals surface area contributed by atoms with Crippen LogP contribution in [0.4, 0.5) is 5.69 Å². The van der Waals surface area contributed by atoms with E-state index in [0.29, 0.717) is 38.2 Å². The summed E-state index contributed by atoms with van der Waals surface area (Å²) in [4.78, 5) is 17.3. The van der Waals surface area contributed by atoms with Crippen LogP contribution in [0.25, 0.3) is 17.4 Å². The summed E-state index contributed by atoms with van der Waals surface area (Å²) in [5.41, 5.74) is 1.45. The Hall–Kier alpha value is -2.67. The number of carbonyl (C=O) groups is 1. The molecular formula is C22H16Cl2N2O3S. The summed E-state index contributed by atoms with van der Waals surface area (Å²) in [6.07, 6.45) is 1.67. The van der Waals surface area contributed by atoms with Crippen LogP contribution >= 0.6 is 35.0 Å². The van der Waals surface area contributed by atoms with E-state index in [9.17, 15) is 4.79 Å². The first-order valence-electron chi connectivity index (χ1n) is 9.09. The summed E-state index contributed by atoms with van der Waals surface area (Å²) in [7, 11) is 0. The minimum atomic E-state index is -0.229. The van der Waals surface area contributed by atoms with Crippen LogP contribution in [0.1, 0.15) is 12.7 Å². The third-order valence-corrected chi connectivity index (χ3v) is 5.58. The van der Waals surface area contributed by atoms with Crippen LogP contribution in [-0.2, 0) is 4.79 Å². The molecule has 1 aliphatic heterocycles. The van der Waals surface area contributed by atoms with E-state index in [0.717, 1.165) is 17.0 Å². The van der Waals surface area contributed by atoms with Gasteiger partial charge < -0.3 is 14.5 Å². The minimum Gasteiger partial charge on any atom is -0.494 e. The zero-order chi connectivity index (χ0) is 21.1. The van der Waals surface area contributed by atoms with Gasteiger partial charge >= 0.3 is 0 Å². The number of nitrogens with one attached hydrogen (secondary N) is 1. The number of amidine groups is 1. The number of hydrogen-bond acceptors (Lipinski definition) is 5. The molecule has 1 fully saturated rings. The summed E-state index contributed by atoms with van der Waals surface area (Å²) in [5, 5.41) is 4.31. The molecule has 0 radical (unpaired) electrons. The third-order valence-electron chi connectivity index (χ3n) is 4.13. The second-order valence-electron chi connectivity index (χ2n) is 6.23. The van der Waals surface area contributed by atoms with Crippen LogP contribution in [0.15, 0.2) is 68.9 Å². The Labute approximate surface area is 187 Å². The van der Waals surface area contributed by atoms with Crippen molar-refractivity contribution < 1.29 is 13.9 Å². The molecule has 2 heterocycles.